The van der Waals surface area contributed by atoms with E-state index >= 15 is 0 Å². The van der Waals surface area contributed by atoms with Crippen molar-refractivity contribution in [1.29, 1.82) is 0 Å². The molecule has 1 heterocycles. The Labute approximate surface area is 129 Å². The highest BCUT2D eigenvalue weighted by molar-refractivity contribution is 6.27. The lowest BCUT2D eigenvalue weighted by atomic mass is 10.1. The van der Waals surface area contributed by atoms with Crippen molar-refractivity contribution in [3.8, 4) is 0 Å². The molecule has 21 heavy (non-hydrogen) atoms. The van der Waals surface area contributed by atoms with Crippen LogP contribution in [0.3, 0.4) is 0 Å². The number of nitrogens with one attached hydrogen (secondary N) is 2. The summed E-state index contributed by atoms with van der Waals surface area (Å²) in [4.78, 5) is 25.3. The van der Waals surface area contributed by atoms with Gasteiger partial charge in [-0.1, -0.05) is 29.8 Å². The molecule has 1 atom stereocenters. The molecule has 0 aliphatic carbocycles. The lowest BCUT2D eigenvalue weighted by Gasteiger charge is -2.23. The standard InChI is InChI=1S/C15H20ClN3O2/c1-11-4-6-12(7-5-11)10-19-8-2-3-13(19)15(21)18-17-14(20)9-16/h4-7,13H,2-3,8-10H2,1H3,(H,17,20)(H,18,21)/t13-/m0/s1. The van der Waals surface area contributed by atoms with Crippen LogP contribution in [0, 0.1) is 6.92 Å². The number of likely N-dealkylation sites (tertiary alicyclic amines) is 1. The largest absolute Gasteiger partial charge is 0.288 e. The SMILES string of the molecule is Cc1ccc(CN2CCC[C@H]2C(=O)NNC(=O)CCl)cc1. The highest BCUT2D eigenvalue weighted by Gasteiger charge is 2.30. The topological polar surface area (TPSA) is 61.4 Å². The first kappa shape index (κ1) is 15.8. The zero-order valence-corrected chi connectivity index (χ0v) is 12.8. The Kier molecular flexibility index (Phi) is 5.59. The average Bonchev–Trinajstić information content (AvgIpc) is 2.95. The number of hydrazine groups is 1. The molecule has 1 saturated heterocycles. The second kappa shape index (κ2) is 7.43. The summed E-state index contributed by atoms with van der Waals surface area (Å²) in [5, 5.41) is 0. The van der Waals surface area contributed by atoms with Gasteiger partial charge < -0.3 is 0 Å². The van der Waals surface area contributed by atoms with Gasteiger partial charge in [0, 0.05) is 6.54 Å². The Hall–Kier alpha value is -1.59. The molecule has 2 amide bonds. The van der Waals surface area contributed by atoms with Gasteiger partial charge in [-0.2, -0.15) is 0 Å². The molecule has 2 rings (SSSR count). The fraction of sp³-hybridized carbons (Fsp3) is 0.467. The van der Waals surface area contributed by atoms with E-state index in [1.807, 2.05) is 0 Å². The summed E-state index contributed by atoms with van der Waals surface area (Å²) in [6, 6.07) is 8.10. The molecule has 1 aliphatic rings. The van der Waals surface area contributed by atoms with Crippen molar-refractivity contribution >= 4 is 23.4 Å². The zero-order valence-electron chi connectivity index (χ0n) is 12.1. The van der Waals surface area contributed by atoms with Gasteiger partial charge in [0.25, 0.3) is 11.8 Å². The number of benzene rings is 1. The molecule has 114 valence electrons. The maximum absolute atomic E-state index is 12.1. The monoisotopic (exact) mass is 309 g/mol. The van der Waals surface area contributed by atoms with E-state index in [1.165, 1.54) is 11.1 Å². The maximum Gasteiger partial charge on any atom is 0.255 e. The molecule has 1 fully saturated rings. The molecule has 1 aromatic carbocycles. The van der Waals surface area contributed by atoms with Gasteiger partial charge in [0.2, 0.25) is 0 Å². The smallest absolute Gasteiger partial charge is 0.255 e. The summed E-state index contributed by atoms with van der Waals surface area (Å²) >= 11 is 5.37. The lowest BCUT2D eigenvalue weighted by Crippen LogP contribution is -2.50. The van der Waals surface area contributed by atoms with Gasteiger partial charge in [-0.05, 0) is 31.9 Å². The summed E-state index contributed by atoms with van der Waals surface area (Å²) in [7, 11) is 0. The van der Waals surface area contributed by atoms with Crippen LogP contribution >= 0.6 is 11.6 Å². The molecule has 0 unspecified atom stereocenters. The van der Waals surface area contributed by atoms with E-state index in [9.17, 15) is 9.59 Å². The third-order valence-corrected chi connectivity index (χ3v) is 3.86. The Morgan fingerprint density at radius 1 is 1.29 bits per heavy atom. The van der Waals surface area contributed by atoms with Crippen molar-refractivity contribution in [1.82, 2.24) is 15.8 Å². The second-order valence-electron chi connectivity index (χ2n) is 5.29. The quantitative estimate of drug-likeness (QED) is 0.652. The van der Waals surface area contributed by atoms with Gasteiger partial charge in [0.05, 0.1) is 6.04 Å². The number of rotatable bonds is 4. The molecule has 0 bridgehead atoms. The molecule has 0 saturated carbocycles. The van der Waals surface area contributed by atoms with E-state index in [2.05, 4.69) is 46.9 Å². The van der Waals surface area contributed by atoms with E-state index in [0.717, 1.165) is 25.9 Å². The van der Waals surface area contributed by atoms with E-state index < -0.39 is 5.91 Å². The number of carbonyl (C=O) groups is 2. The van der Waals surface area contributed by atoms with Gasteiger partial charge in [-0.3, -0.25) is 25.3 Å². The third kappa shape index (κ3) is 4.44. The fourth-order valence-corrected chi connectivity index (χ4v) is 2.56. The van der Waals surface area contributed by atoms with Gasteiger partial charge in [0.1, 0.15) is 5.88 Å². The minimum absolute atomic E-state index is 0.169. The highest BCUT2D eigenvalue weighted by Crippen LogP contribution is 2.20. The van der Waals surface area contributed by atoms with Crippen LogP contribution in [0.5, 0.6) is 0 Å². The predicted octanol–water partition coefficient (Wildman–Crippen LogP) is 1.35. The lowest BCUT2D eigenvalue weighted by molar-refractivity contribution is -0.130. The van der Waals surface area contributed by atoms with Crippen LogP contribution in [0.2, 0.25) is 0 Å². The van der Waals surface area contributed by atoms with Crippen LogP contribution in [0.1, 0.15) is 24.0 Å². The fourth-order valence-electron chi connectivity index (χ4n) is 2.49. The van der Waals surface area contributed by atoms with Crippen LogP contribution in [-0.2, 0) is 16.1 Å². The number of halogens is 1. The molecule has 1 aromatic rings. The summed E-state index contributed by atoms with van der Waals surface area (Å²) in [6.07, 6.45) is 1.78. The van der Waals surface area contributed by atoms with Crippen molar-refractivity contribution in [2.24, 2.45) is 0 Å². The molecule has 5 nitrogen and oxygen atoms in total. The minimum atomic E-state index is -0.409. The number of aryl methyl sites for hydroxylation is 1. The highest BCUT2D eigenvalue weighted by atomic mass is 35.5. The molecule has 2 N–H and O–H groups in total. The Morgan fingerprint density at radius 3 is 2.67 bits per heavy atom. The van der Waals surface area contributed by atoms with Crippen molar-refractivity contribution < 1.29 is 9.59 Å². The summed E-state index contributed by atoms with van der Waals surface area (Å²) in [5.74, 6) is -0.760. The Morgan fingerprint density at radius 2 is 2.00 bits per heavy atom. The number of amides is 2. The summed E-state index contributed by atoms with van der Waals surface area (Å²) < 4.78 is 0. The minimum Gasteiger partial charge on any atom is -0.288 e. The Bertz CT molecular complexity index is 504. The van der Waals surface area contributed by atoms with E-state index in [-0.39, 0.29) is 17.8 Å². The van der Waals surface area contributed by atoms with Gasteiger partial charge in [-0.25, -0.2) is 0 Å². The normalized spacial score (nSPS) is 18.5. The number of hydrogen-bond donors (Lipinski definition) is 2. The number of carbonyl (C=O) groups excluding carboxylic acids is 2. The first-order valence-electron chi connectivity index (χ1n) is 7.04. The van der Waals surface area contributed by atoms with Gasteiger partial charge in [-0.15, -0.1) is 11.6 Å². The van der Waals surface area contributed by atoms with Crippen molar-refractivity contribution in [2.75, 3.05) is 12.4 Å². The third-order valence-electron chi connectivity index (χ3n) is 3.62. The maximum atomic E-state index is 12.1. The molecular weight excluding hydrogens is 290 g/mol. The molecule has 6 heteroatoms. The average molecular weight is 310 g/mol. The molecule has 0 aromatic heterocycles. The molecule has 1 aliphatic heterocycles. The Balaban J connectivity index is 1.91. The van der Waals surface area contributed by atoms with Crippen LogP contribution in [0.25, 0.3) is 0 Å². The number of hydrogen-bond acceptors (Lipinski definition) is 3. The first-order valence-corrected chi connectivity index (χ1v) is 7.58. The van der Waals surface area contributed by atoms with Crippen molar-refractivity contribution in [3.63, 3.8) is 0 Å². The number of alkyl halides is 1. The molecule has 0 spiro atoms. The van der Waals surface area contributed by atoms with Crippen LogP contribution < -0.4 is 10.9 Å². The number of nitrogens with zero attached hydrogens (tertiary/aromatic N) is 1. The summed E-state index contributed by atoms with van der Waals surface area (Å²) in [6.45, 7) is 3.67. The molecule has 0 radical (unpaired) electrons. The van der Waals surface area contributed by atoms with E-state index in [0.29, 0.717) is 0 Å². The van der Waals surface area contributed by atoms with Crippen LogP contribution in [0.15, 0.2) is 24.3 Å². The van der Waals surface area contributed by atoms with Gasteiger partial charge in [0.15, 0.2) is 0 Å². The van der Waals surface area contributed by atoms with E-state index in [4.69, 9.17) is 11.6 Å². The second-order valence-corrected chi connectivity index (χ2v) is 5.55. The molecular formula is C15H20ClN3O2. The van der Waals surface area contributed by atoms with Crippen molar-refractivity contribution in [3.05, 3.63) is 35.4 Å². The van der Waals surface area contributed by atoms with Gasteiger partial charge >= 0.3 is 0 Å². The zero-order chi connectivity index (χ0) is 15.2. The van der Waals surface area contributed by atoms with Crippen LogP contribution in [-0.4, -0.2) is 35.2 Å². The van der Waals surface area contributed by atoms with Crippen LogP contribution in [0.4, 0.5) is 0 Å². The summed E-state index contributed by atoms with van der Waals surface area (Å²) in [5.41, 5.74) is 7.15. The van der Waals surface area contributed by atoms with Crippen molar-refractivity contribution in [2.45, 2.75) is 32.4 Å². The predicted molar refractivity (Wildman–Crippen MR) is 81.6 cm³/mol. The first-order chi connectivity index (χ1) is 10.1. The van der Waals surface area contributed by atoms with E-state index in [1.54, 1.807) is 0 Å².